The van der Waals surface area contributed by atoms with Crippen molar-refractivity contribution in [2.45, 2.75) is 20.0 Å². The highest BCUT2D eigenvalue weighted by Crippen LogP contribution is 2.17. The molecule has 0 fully saturated rings. The first kappa shape index (κ1) is 10.9. The molecule has 0 atom stereocenters. The number of halogens is 2. The molecule has 1 aromatic rings. The number of rotatable bonds is 4. The van der Waals surface area contributed by atoms with E-state index in [-0.39, 0.29) is 18.6 Å². The number of benzene rings is 1. The molecule has 0 unspecified atom stereocenters. The van der Waals surface area contributed by atoms with Crippen molar-refractivity contribution in [3.8, 4) is 5.75 Å². The predicted molar refractivity (Wildman–Crippen MR) is 48.1 cm³/mol. The van der Waals surface area contributed by atoms with E-state index in [2.05, 4.69) is 0 Å². The Morgan fingerprint density at radius 2 is 2.00 bits per heavy atom. The van der Waals surface area contributed by atoms with Crippen LogP contribution in [0.15, 0.2) is 18.2 Å². The summed E-state index contributed by atoms with van der Waals surface area (Å²) in [5, 5.41) is 0. The van der Waals surface area contributed by atoms with E-state index < -0.39 is 11.6 Å². The van der Waals surface area contributed by atoms with E-state index in [0.717, 1.165) is 12.1 Å². The number of hydrogen-bond acceptors (Lipinski definition) is 2. The van der Waals surface area contributed by atoms with Gasteiger partial charge in [-0.05, 0) is 26.0 Å². The Labute approximate surface area is 81.4 Å². The van der Waals surface area contributed by atoms with Gasteiger partial charge in [-0.1, -0.05) is 0 Å². The van der Waals surface area contributed by atoms with Gasteiger partial charge in [0, 0.05) is 6.07 Å². The fourth-order valence-corrected chi connectivity index (χ4v) is 0.826. The minimum atomic E-state index is -0.725. The SMILES string of the molecule is CC(C)OCOc1ccc(F)cc1F. The standard InChI is InChI=1S/C10H12F2O2/c1-7(2)13-6-14-10-4-3-8(11)5-9(10)12/h3-5,7H,6H2,1-2H3. The van der Waals surface area contributed by atoms with E-state index in [4.69, 9.17) is 9.47 Å². The normalized spacial score (nSPS) is 10.6. The summed E-state index contributed by atoms with van der Waals surface area (Å²) in [6.45, 7) is 3.63. The molecule has 1 rings (SSSR count). The van der Waals surface area contributed by atoms with Crippen LogP contribution in [0.4, 0.5) is 8.78 Å². The van der Waals surface area contributed by atoms with Crippen molar-refractivity contribution in [1.82, 2.24) is 0 Å². The van der Waals surface area contributed by atoms with E-state index in [1.165, 1.54) is 6.07 Å². The molecule has 0 aliphatic heterocycles. The van der Waals surface area contributed by atoms with Crippen LogP contribution in [0.1, 0.15) is 13.8 Å². The second-order valence-electron chi connectivity index (χ2n) is 3.05. The van der Waals surface area contributed by atoms with E-state index in [9.17, 15) is 8.78 Å². The summed E-state index contributed by atoms with van der Waals surface area (Å²) in [4.78, 5) is 0. The lowest BCUT2D eigenvalue weighted by molar-refractivity contribution is -0.0217. The van der Waals surface area contributed by atoms with Crippen molar-refractivity contribution < 1.29 is 18.3 Å². The van der Waals surface area contributed by atoms with Crippen LogP contribution in [-0.2, 0) is 4.74 Å². The van der Waals surface area contributed by atoms with Gasteiger partial charge in [-0.3, -0.25) is 0 Å². The van der Waals surface area contributed by atoms with Crippen LogP contribution in [0.5, 0.6) is 5.75 Å². The van der Waals surface area contributed by atoms with Crippen molar-refractivity contribution in [3.05, 3.63) is 29.8 Å². The number of hydrogen-bond donors (Lipinski definition) is 0. The molecule has 78 valence electrons. The third-order valence-corrected chi connectivity index (χ3v) is 1.51. The van der Waals surface area contributed by atoms with Crippen molar-refractivity contribution in [3.63, 3.8) is 0 Å². The zero-order valence-electron chi connectivity index (χ0n) is 8.09. The van der Waals surface area contributed by atoms with Crippen molar-refractivity contribution in [2.75, 3.05) is 6.79 Å². The average Bonchev–Trinajstić information content (AvgIpc) is 2.08. The molecule has 0 N–H and O–H groups in total. The summed E-state index contributed by atoms with van der Waals surface area (Å²) in [6, 6.07) is 3.13. The van der Waals surface area contributed by atoms with Gasteiger partial charge in [-0.25, -0.2) is 8.78 Å². The molecular formula is C10H12F2O2. The molecule has 2 nitrogen and oxygen atoms in total. The average molecular weight is 202 g/mol. The van der Waals surface area contributed by atoms with Crippen molar-refractivity contribution in [1.29, 1.82) is 0 Å². The second-order valence-corrected chi connectivity index (χ2v) is 3.05. The minimum absolute atomic E-state index is 0.00736. The first-order valence-corrected chi connectivity index (χ1v) is 4.29. The molecule has 0 saturated heterocycles. The third-order valence-electron chi connectivity index (χ3n) is 1.51. The minimum Gasteiger partial charge on any atom is -0.464 e. The summed E-state index contributed by atoms with van der Waals surface area (Å²) in [5.41, 5.74) is 0. The fraction of sp³-hybridized carbons (Fsp3) is 0.400. The molecule has 0 aliphatic carbocycles. The highest BCUT2D eigenvalue weighted by molar-refractivity contribution is 5.24. The molecule has 0 aliphatic rings. The maximum Gasteiger partial charge on any atom is 0.189 e. The van der Waals surface area contributed by atoms with Gasteiger partial charge in [0.15, 0.2) is 18.4 Å². The summed E-state index contributed by atoms with van der Waals surface area (Å²) < 4.78 is 35.4. The van der Waals surface area contributed by atoms with Crippen molar-refractivity contribution in [2.24, 2.45) is 0 Å². The summed E-state index contributed by atoms with van der Waals surface area (Å²) in [6.07, 6.45) is 0.0125. The molecule has 0 spiro atoms. The van der Waals surface area contributed by atoms with Gasteiger partial charge in [0.1, 0.15) is 5.82 Å². The Bertz CT molecular complexity index is 300. The highest BCUT2D eigenvalue weighted by atomic mass is 19.1. The maximum atomic E-state index is 13.0. The molecule has 1 aromatic carbocycles. The first-order chi connectivity index (χ1) is 6.59. The summed E-state index contributed by atoms with van der Waals surface area (Å²) >= 11 is 0. The van der Waals surface area contributed by atoms with Crippen LogP contribution in [0, 0.1) is 11.6 Å². The van der Waals surface area contributed by atoms with E-state index in [1.807, 2.05) is 13.8 Å². The second kappa shape index (κ2) is 4.91. The molecule has 4 heteroatoms. The fourth-order valence-electron chi connectivity index (χ4n) is 0.826. The highest BCUT2D eigenvalue weighted by Gasteiger charge is 2.04. The van der Waals surface area contributed by atoms with Gasteiger partial charge in [0.2, 0.25) is 0 Å². The lowest BCUT2D eigenvalue weighted by Gasteiger charge is -2.09. The Balaban J connectivity index is 2.51. The van der Waals surface area contributed by atoms with E-state index >= 15 is 0 Å². The predicted octanol–water partition coefficient (Wildman–Crippen LogP) is 2.73. The van der Waals surface area contributed by atoms with Gasteiger partial charge in [-0.15, -0.1) is 0 Å². The quantitative estimate of drug-likeness (QED) is 0.699. The van der Waals surface area contributed by atoms with Gasteiger partial charge >= 0.3 is 0 Å². The van der Waals surface area contributed by atoms with E-state index in [0.29, 0.717) is 0 Å². The first-order valence-electron chi connectivity index (χ1n) is 4.29. The van der Waals surface area contributed by atoms with Crippen LogP contribution in [-0.4, -0.2) is 12.9 Å². The van der Waals surface area contributed by atoms with Crippen LogP contribution in [0.2, 0.25) is 0 Å². The lowest BCUT2D eigenvalue weighted by atomic mass is 10.3. The van der Waals surface area contributed by atoms with Crippen molar-refractivity contribution >= 4 is 0 Å². The molecule has 0 heterocycles. The number of ether oxygens (including phenoxy) is 2. The Morgan fingerprint density at radius 1 is 1.29 bits per heavy atom. The van der Waals surface area contributed by atoms with E-state index in [1.54, 1.807) is 0 Å². The molecular weight excluding hydrogens is 190 g/mol. The molecule has 0 bridgehead atoms. The molecule has 0 aromatic heterocycles. The van der Waals surface area contributed by atoms with Crippen LogP contribution in [0.25, 0.3) is 0 Å². The zero-order valence-corrected chi connectivity index (χ0v) is 8.09. The third kappa shape index (κ3) is 3.30. The van der Waals surface area contributed by atoms with Crippen LogP contribution in [0.3, 0.4) is 0 Å². The lowest BCUT2D eigenvalue weighted by Crippen LogP contribution is -2.09. The molecule has 0 radical (unpaired) electrons. The van der Waals surface area contributed by atoms with Crippen LogP contribution < -0.4 is 4.74 Å². The topological polar surface area (TPSA) is 18.5 Å². The zero-order chi connectivity index (χ0) is 10.6. The molecule has 0 saturated carbocycles. The smallest absolute Gasteiger partial charge is 0.189 e. The van der Waals surface area contributed by atoms with Gasteiger partial charge in [0.05, 0.1) is 6.10 Å². The van der Waals surface area contributed by atoms with Crippen LogP contribution >= 0.6 is 0 Å². The monoisotopic (exact) mass is 202 g/mol. The molecule has 14 heavy (non-hydrogen) atoms. The molecule has 0 amide bonds. The van der Waals surface area contributed by atoms with Gasteiger partial charge in [0.25, 0.3) is 0 Å². The Hall–Kier alpha value is -1.16. The largest absolute Gasteiger partial charge is 0.464 e. The summed E-state index contributed by atoms with van der Waals surface area (Å²) in [5.74, 6) is -1.36. The Morgan fingerprint density at radius 3 is 2.57 bits per heavy atom. The summed E-state index contributed by atoms with van der Waals surface area (Å²) in [7, 11) is 0. The Kier molecular flexibility index (Phi) is 3.83. The maximum absolute atomic E-state index is 13.0. The van der Waals surface area contributed by atoms with Gasteiger partial charge in [-0.2, -0.15) is 0 Å². The van der Waals surface area contributed by atoms with Gasteiger partial charge < -0.3 is 9.47 Å².